The molecule has 198 valence electrons. The number of morpholine rings is 1. The fourth-order valence-electron chi connectivity index (χ4n) is 4.95. The van der Waals surface area contributed by atoms with Crippen molar-refractivity contribution >= 4 is 17.4 Å². The molecule has 37 heavy (non-hydrogen) atoms. The minimum atomic E-state index is -0.837. The summed E-state index contributed by atoms with van der Waals surface area (Å²) in [5, 5.41) is 11.5. The minimum Gasteiger partial charge on any atom is -0.507 e. The molecule has 9 nitrogen and oxygen atoms in total. The summed E-state index contributed by atoms with van der Waals surface area (Å²) in [6.07, 6.45) is 0.664. The van der Waals surface area contributed by atoms with Gasteiger partial charge in [-0.15, -0.1) is 0 Å². The predicted octanol–water partition coefficient (Wildman–Crippen LogP) is 3.16. The predicted molar refractivity (Wildman–Crippen MR) is 138 cm³/mol. The molecule has 0 aliphatic carbocycles. The molecule has 2 heterocycles. The summed E-state index contributed by atoms with van der Waals surface area (Å²) in [6, 6.07) is 9.57. The number of ether oxygens (including phenoxy) is 4. The SMILES string of the molecule is COc1ccc(C(O)=C2C(=O)C(=O)N(CCCN3CCOCC3)[C@H]2c2cc(OC)ccc2OC)c(C)c1. The number of benzene rings is 2. The summed E-state index contributed by atoms with van der Waals surface area (Å²) in [6.45, 7) is 5.97. The molecule has 2 aromatic carbocycles. The van der Waals surface area contributed by atoms with Crippen molar-refractivity contribution in [2.45, 2.75) is 19.4 Å². The highest BCUT2D eigenvalue weighted by Gasteiger charge is 2.47. The number of aliphatic hydroxyl groups is 1. The van der Waals surface area contributed by atoms with Crippen LogP contribution in [0.5, 0.6) is 17.2 Å². The number of carbonyl (C=O) groups excluding carboxylic acids is 2. The summed E-state index contributed by atoms with van der Waals surface area (Å²) in [5.41, 5.74) is 1.77. The highest BCUT2D eigenvalue weighted by Crippen LogP contribution is 2.44. The van der Waals surface area contributed by atoms with Crippen LogP contribution < -0.4 is 14.2 Å². The number of aryl methyl sites for hydroxylation is 1. The molecule has 0 spiro atoms. The standard InChI is InChI=1S/C28H34N2O7/c1-18-16-19(34-2)6-8-21(18)26(31)24-25(22-17-20(35-3)7-9-23(22)36-4)30(28(33)27(24)32)11-5-10-29-12-14-37-15-13-29/h6-9,16-17,25,31H,5,10-15H2,1-4H3/t25-/m0/s1. The molecule has 9 heteroatoms. The van der Waals surface area contributed by atoms with Gasteiger partial charge in [0.15, 0.2) is 0 Å². The van der Waals surface area contributed by atoms with Crippen LogP contribution in [0.3, 0.4) is 0 Å². The first-order valence-electron chi connectivity index (χ1n) is 12.3. The van der Waals surface area contributed by atoms with Crippen LogP contribution in [-0.2, 0) is 14.3 Å². The van der Waals surface area contributed by atoms with Gasteiger partial charge in [-0.25, -0.2) is 0 Å². The molecule has 0 unspecified atom stereocenters. The van der Waals surface area contributed by atoms with Crippen LogP contribution in [0.15, 0.2) is 42.0 Å². The number of carbonyl (C=O) groups is 2. The Hall–Kier alpha value is -3.56. The Morgan fingerprint density at radius 3 is 2.30 bits per heavy atom. The monoisotopic (exact) mass is 510 g/mol. The van der Waals surface area contributed by atoms with Gasteiger partial charge in [0.05, 0.1) is 46.2 Å². The average molecular weight is 511 g/mol. The molecule has 0 aromatic heterocycles. The Balaban J connectivity index is 1.78. The molecule has 2 fully saturated rings. The van der Waals surface area contributed by atoms with Crippen LogP contribution in [0.4, 0.5) is 0 Å². The van der Waals surface area contributed by atoms with E-state index in [9.17, 15) is 14.7 Å². The molecule has 0 bridgehead atoms. The lowest BCUT2D eigenvalue weighted by Gasteiger charge is -2.29. The molecular formula is C28H34N2O7. The third-order valence-corrected chi connectivity index (χ3v) is 6.94. The molecule has 1 atom stereocenters. The topological polar surface area (TPSA) is 97.8 Å². The highest BCUT2D eigenvalue weighted by molar-refractivity contribution is 6.46. The third kappa shape index (κ3) is 5.42. The van der Waals surface area contributed by atoms with Gasteiger partial charge in [-0.3, -0.25) is 14.5 Å². The van der Waals surface area contributed by atoms with Gasteiger partial charge in [0.25, 0.3) is 11.7 Å². The Morgan fingerprint density at radius 1 is 0.973 bits per heavy atom. The molecule has 0 saturated carbocycles. The lowest BCUT2D eigenvalue weighted by atomic mass is 9.93. The van der Waals surface area contributed by atoms with Gasteiger partial charge in [0.2, 0.25) is 0 Å². The maximum absolute atomic E-state index is 13.4. The molecule has 2 aliphatic heterocycles. The number of ketones is 1. The number of nitrogens with zero attached hydrogens (tertiary/aromatic N) is 2. The quantitative estimate of drug-likeness (QED) is 0.312. The van der Waals surface area contributed by atoms with Gasteiger partial charge in [0.1, 0.15) is 23.0 Å². The van der Waals surface area contributed by atoms with Gasteiger partial charge >= 0.3 is 0 Å². The van der Waals surface area contributed by atoms with Gasteiger partial charge < -0.3 is 29.0 Å². The van der Waals surface area contributed by atoms with E-state index in [1.165, 1.54) is 12.0 Å². The zero-order chi connectivity index (χ0) is 26.5. The molecule has 2 aliphatic rings. The van der Waals surface area contributed by atoms with Gasteiger partial charge in [-0.2, -0.15) is 0 Å². The summed E-state index contributed by atoms with van der Waals surface area (Å²) in [5.74, 6) is 0.0600. The zero-order valence-electron chi connectivity index (χ0n) is 21.8. The van der Waals surface area contributed by atoms with Crippen LogP contribution in [0.25, 0.3) is 5.76 Å². The van der Waals surface area contributed by atoms with Crippen LogP contribution >= 0.6 is 0 Å². The van der Waals surface area contributed by atoms with Crippen molar-refractivity contribution in [2.24, 2.45) is 0 Å². The molecule has 2 saturated heterocycles. The number of methoxy groups -OCH3 is 3. The van der Waals surface area contributed by atoms with Crippen LogP contribution in [0.2, 0.25) is 0 Å². The van der Waals surface area contributed by atoms with E-state index < -0.39 is 17.7 Å². The summed E-state index contributed by atoms with van der Waals surface area (Å²) in [4.78, 5) is 30.6. The fourth-order valence-corrected chi connectivity index (χ4v) is 4.95. The number of Topliss-reactive ketones (excluding diaryl/α,β-unsaturated/α-hetero) is 1. The number of aliphatic hydroxyl groups excluding tert-OH is 1. The average Bonchev–Trinajstić information content (AvgIpc) is 3.17. The Bertz CT molecular complexity index is 1190. The van der Waals surface area contributed by atoms with Crippen molar-refractivity contribution in [3.05, 3.63) is 58.7 Å². The number of rotatable bonds is 9. The molecular weight excluding hydrogens is 476 g/mol. The van der Waals surface area contributed by atoms with E-state index in [1.807, 2.05) is 6.92 Å². The second-order valence-electron chi connectivity index (χ2n) is 9.09. The number of likely N-dealkylation sites (tertiary alicyclic amines) is 1. The second kappa shape index (κ2) is 11.7. The van der Waals surface area contributed by atoms with Crippen LogP contribution in [0.1, 0.15) is 29.2 Å². The smallest absolute Gasteiger partial charge is 0.295 e. The maximum Gasteiger partial charge on any atom is 0.295 e. The fraction of sp³-hybridized carbons (Fsp3) is 0.429. The summed E-state index contributed by atoms with van der Waals surface area (Å²) < 4.78 is 21.8. The lowest BCUT2D eigenvalue weighted by Crippen LogP contribution is -2.39. The third-order valence-electron chi connectivity index (χ3n) is 6.94. The summed E-state index contributed by atoms with van der Waals surface area (Å²) in [7, 11) is 4.64. The molecule has 4 rings (SSSR count). The van der Waals surface area contributed by atoms with Crippen LogP contribution in [-0.4, -0.2) is 87.3 Å². The number of amides is 1. The van der Waals surface area contributed by atoms with E-state index >= 15 is 0 Å². The number of hydrogen-bond acceptors (Lipinski definition) is 8. The highest BCUT2D eigenvalue weighted by atomic mass is 16.5. The van der Waals surface area contributed by atoms with Crippen molar-refractivity contribution in [1.82, 2.24) is 9.80 Å². The van der Waals surface area contributed by atoms with Gasteiger partial charge in [-0.1, -0.05) is 0 Å². The molecule has 1 amide bonds. The molecule has 1 N–H and O–H groups in total. The number of hydrogen-bond donors (Lipinski definition) is 1. The van der Waals surface area contributed by atoms with Crippen molar-refractivity contribution in [2.75, 3.05) is 60.7 Å². The van der Waals surface area contributed by atoms with Crippen molar-refractivity contribution in [1.29, 1.82) is 0 Å². The normalized spacial score (nSPS) is 19.8. The second-order valence-corrected chi connectivity index (χ2v) is 9.09. The first-order valence-corrected chi connectivity index (χ1v) is 12.3. The largest absolute Gasteiger partial charge is 0.507 e. The van der Waals surface area contributed by atoms with Crippen molar-refractivity contribution in [3.8, 4) is 17.2 Å². The van der Waals surface area contributed by atoms with Crippen molar-refractivity contribution in [3.63, 3.8) is 0 Å². The first-order chi connectivity index (χ1) is 17.9. The first kappa shape index (κ1) is 26.5. The van der Waals surface area contributed by atoms with E-state index in [4.69, 9.17) is 18.9 Å². The zero-order valence-corrected chi connectivity index (χ0v) is 21.8. The van der Waals surface area contributed by atoms with Gasteiger partial charge in [0, 0.05) is 37.3 Å². The lowest BCUT2D eigenvalue weighted by molar-refractivity contribution is -0.140. The van der Waals surface area contributed by atoms with Crippen molar-refractivity contribution < 1.29 is 33.6 Å². The molecule has 0 radical (unpaired) electrons. The Kier molecular flexibility index (Phi) is 8.35. The van der Waals surface area contributed by atoms with E-state index in [2.05, 4.69) is 4.90 Å². The Labute approximate surface area is 217 Å². The van der Waals surface area contributed by atoms with E-state index in [0.29, 0.717) is 60.1 Å². The minimum absolute atomic E-state index is 0.0243. The van der Waals surface area contributed by atoms with E-state index in [1.54, 1.807) is 50.6 Å². The van der Waals surface area contributed by atoms with Crippen LogP contribution in [0, 0.1) is 6.92 Å². The van der Waals surface area contributed by atoms with E-state index in [-0.39, 0.29) is 11.3 Å². The maximum atomic E-state index is 13.4. The van der Waals surface area contributed by atoms with E-state index in [0.717, 1.165) is 19.6 Å². The molecule has 2 aromatic rings. The Morgan fingerprint density at radius 2 is 1.65 bits per heavy atom. The summed E-state index contributed by atoms with van der Waals surface area (Å²) >= 11 is 0. The van der Waals surface area contributed by atoms with Gasteiger partial charge in [-0.05, 0) is 55.3 Å².